The number of hydrogen-bond donors (Lipinski definition) is 0. The van der Waals surface area contributed by atoms with E-state index in [4.69, 9.17) is 4.42 Å². The van der Waals surface area contributed by atoms with Gasteiger partial charge in [-0.3, -0.25) is 0 Å². The maximum atomic E-state index is 13.0. The zero-order valence-corrected chi connectivity index (χ0v) is 66.8. The molecule has 534 valence electrons. The van der Waals surface area contributed by atoms with Crippen molar-refractivity contribution >= 4 is 120 Å². The van der Waals surface area contributed by atoms with E-state index in [9.17, 15) is 12.6 Å². The smallest absolute Gasteiger partial charge is 0.504 e. The van der Waals surface area contributed by atoms with Crippen LogP contribution in [-0.2, 0) is 98.5 Å². The molecule has 8 heterocycles. The minimum Gasteiger partial charge on any atom is -0.504 e. The van der Waals surface area contributed by atoms with Crippen LogP contribution >= 0.6 is 11.3 Å². The van der Waals surface area contributed by atoms with Crippen molar-refractivity contribution in [3.05, 3.63) is 365 Å². The van der Waals surface area contributed by atoms with Crippen LogP contribution in [0.4, 0.5) is 22.7 Å². The molecule has 0 fully saturated rings. The molecule has 6 aliphatic heterocycles. The Kier molecular flexibility index (Phi) is 22.8. The van der Waals surface area contributed by atoms with E-state index in [-0.39, 0.29) is 77.9 Å². The maximum absolute atomic E-state index is 13.0. The first-order valence-corrected chi connectivity index (χ1v) is 37.0. The Bertz CT molecular complexity index is 5720. The Morgan fingerprint density at radius 1 is 0.346 bits per heavy atom. The third-order valence-corrected chi connectivity index (χ3v) is 23.4. The van der Waals surface area contributed by atoms with Gasteiger partial charge in [-0.15, -0.1) is 34.1 Å². The number of thiophene rings is 1. The minimum atomic E-state index is -3.48. The molecule has 12 nitrogen and oxygen atoms in total. The average Bonchev–Trinajstić information content (AvgIpc) is 1.58. The first-order chi connectivity index (χ1) is 50.4. The summed E-state index contributed by atoms with van der Waals surface area (Å²) in [5, 5.41) is 4.99. The van der Waals surface area contributed by atoms with E-state index in [0.29, 0.717) is 9.79 Å². The Morgan fingerprint density at radius 2 is 0.729 bits per heavy atom. The van der Waals surface area contributed by atoms with Gasteiger partial charge in [-0.2, -0.15) is 148 Å². The number of sulfone groups is 1. The Hall–Kier alpha value is -9.39. The number of hydrogen-bond acceptors (Lipinski definition) is 13. The van der Waals surface area contributed by atoms with E-state index in [1.54, 1.807) is 18.2 Å². The van der Waals surface area contributed by atoms with E-state index >= 15 is 0 Å². The summed E-state index contributed by atoms with van der Waals surface area (Å²) in [6, 6.07) is 102. The van der Waals surface area contributed by atoms with Crippen molar-refractivity contribution in [3.8, 4) is 22.3 Å². The molecule has 0 aliphatic carbocycles. The molecule has 0 bridgehead atoms. The predicted molar refractivity (Wildman–Crippen MR) is 418 cm³/mol. The summed E-state index contributed by atoms with van der Waals surface area (Å²) in [4.78, 5) is 19.1. The number of fused-ring (bicyclic) bond motifs is 12. The van der Waals surface area contributed by atoms with Gasteiger partial charge >= 0.3 is 77.9 Å². The van der Waals surface area contributed by atoms with Crippen molar-refractivity contribution in [1.29, 1.82) is 0 Å². The molecule has 19 heteroatoms. The fourth-order valence-corrected chi connectivity index (χ4v) is 18.1. The molecule has 0 spiro atoms. The monoisotopic (exact) mass is 1800 g/mol. The second-order valence-corrected chi connectivity index (χ2v) is 29.8. The molecule has 2 aromatic heterocycles. The van der Waals surface area contributed by atoms with Crippen LogP contribution in [-0.4, -0.2) is 60.4 Å². The zero-order chi connectivity index (χ0) is 69.9. The number of benzene rings is 12. The molecule has 14 aromatic rings. The van der Waals surface area contributed by atoms with Gasteiger partial charge in [-0.05, 0) is 135 Å². The fourth-order valence-electron chi connectivity index (χ4n) is 13.8. The van der Waals surface area contributed by atoms with E-state index in [1.165, 1.54) is 31.4 Å². The second kappa shape index (κ2) is 32.2. The van der Waals surface area contributed by atoms with Crippen LogP contribution in [0.25, 0.3) is 87.2 Å². The molecule has 1 unspecified atom stereocenters. The van der Waals surface area contributed by atoms with E-state index in [0.717, 1.165) is 111 Å². The third-order valence-electron chi connectivity index (χ3n) is 18.9. The van der Waals surface area contributed by atoms with E-state index < -0.39 is 20.6 Å². The molecular weight excluding hydrogens is 1740 g/mol. The van der Waals surface area contributed by atoms with Crippen LogP contribution in [0.15, 0.2) is 316 Å². The Labute approximate surface area is 682 Å². The van der Waals surface area contributed by atoms with Gasteiger partial charge in [-0.1, -0.05) is 115 Å². The Balaban J connectivity index is 0.000000125. The van der Waals surface area contributed by atoms with E-state index in [1.807, 2.05) is 217 Å². The SMILES string of the molecule is CN1[CH-]N(c2[c-]cccc2)C=C1c1ccc2c(c1)S(=O)(=O)c1ccccc1-2.CN1[CH-]N(c2[c-]cccc2)C=C1c1ccc2c(c1)S(=O)c1ccccc1-2.CN1[CH-]N(c2[c-]cccc2)C=C1c1ccc2c(c1)oc1ccccc12.CN1[CH-]N(c2[c-]cccc2)C=C1c1ccc2c(c1)sc1ccccc12.[Rh+2].[Rh+2].[Rh+2].[Rh+2]. The molecule has 20 rings (SSSR count). The fraction of sp³-hybridized carbons (Fsp3) is 0.0455. The zero-order valence-electron chi connectivity index (χ0n) is 57.8. The molecule has 12 aromatic carbocycles. The van der Waals surface area contributed by atoms with Gasteiger partial charge in [0.15, 0.2) is 0 Å². The van der Waals surface area contributed by atoms with Gasteiger partial charge in [0.2, 0.25) is 9.84 Å². The van der Waals surface area contributed by atoms with Crippen molar-refractivity contribution in [2.24, 2.45) is 0 Å². The summed E-state index contributed by atoms with van der Waals surface area (Å²) in [7, 11) is 3.52. The summed E-state index contributed by atoms with van der Waals surface area (Å²) < 4.78 is 47.5. The number of nitrogens with zero attached hydrogens (tertiary/aromatic N) is 8. The second-order valence-electron chi connectivity index (χ2n) is 25.4. The number of rotatable bonds is 8. The molecule has 6 aliphatic rings. The normalized spacial score (nSPS) is 15.4. The summed E-state index contributed by atoms with van der Waals surface area (Å²) in [5.41, 5.74) is 18.1. The van der Waals surface area contributed by atoms with Crippen molar-refractivity contribution in [2.75, 3.05) is 47.8 Å². The third kappa shape index (κ3) is 14.7. The topological polar surface area (TPSA) is 90.3 Å². The number of para-hydroxylation sites is 5. The first-order valence-electron chi connectivity index (χ1n) is 33.5. The number of furan rings is 1. The summed E-state index contributed by atoms with van der Waals surface area (Å²) >= 11 is 1.86. The van der Waals surface area contributed by atoms with Gasteiger partial charge in [0.05, 0.1) is 30.4 Å². The van der Waals surface area contributed by atoms with Crippen LogP contribution in [0.3, 0.4) is 0 Å². The van der Waals surface area contributed by atoms with Crippen LogP contribution in [0.1, 0.15) is 22.3 Å². The van der Waals surface area contributed by atoms with Gasteiger partial charge < -0.3 is 43.6 Å². The summed E-state index contributed by atoms with van der Waals surface area (Å²) in [6.45, 7) is 8.14. The van der Waals surface area contributed by atoms with Crippen molar-refractivity contribution < 1.29 is 95.0 Å². The van der Waals surface area contributed by atoms with Crippen LogP contribution in [0.2, 0.25) is 0 Å². The molecule has 107 heavy (non-hydrogen) atoms. The van der Waals surface area contributed by atoms with Crippen molar-refractivity contribution in [3.63, 3.8) is 0 Å². The quantitative estimate of drug-likeness (QED) is 0.107. The molecule has 0 saturated heterocycles. The molecule has 4 radical (unpaired) electrons. The van der Waals surface area contributed by atoms with Crippen LogP contribution < -0.4 is 19.6 Å². The minimum absolute atomic E-state index is 0. The van der Waals surface area contributed by atoms with Gasteiger partial charge in [0, 0.05) is 70.4 Å². The number of anilines is 4. The first kappa shape index (κ1) is 75.8. The van der Waals surface area contributed by atoms with Gasteiger partial charge in [0.1, 0.15) is 11.2 Å². The van der Waals surface area contributed by atoms with Crippen molar-refractivity contribution in [1.82, 2.24) is 19.6 Å². The summed E-state index contributed by atoms with van der Waals surface area (Å²) in [6.07, 6.45) is 8.36. The van der Waals surface area contributed by atoms with Gasteiger partial charge in [-0.25, -0.2) is 12.6 Å². The Morgan fingerprint density at radius 3 is 1.26 bits per heavy atom. The maximum Gasteiger partial charge on any atom is 2.00 e. The summed E-state index contributed by atoms with van der Waals surface area (Å²) in [5.74, 6) is 0. The predicted octanol–water partition coefficient (Wildman–Crippen LogP) is 19.6. The van der Waals surface area contributed by atoms with Crippen molar-refractivity contribution in [2.45, 2.75) is 19.6 Å². The molecule has 0 saturated carbocycles. The average molecular weight is 1810 g/mol. The largest absolute Gasteiger partial charge is 2.00 e. The van der Waals surface area contributed by atoms with E-state index in [2.05, 4.69) is 186 Å². The standard InChI is InChI=1S/C22H16N2O2S.C22H16N2OS.C22H16N2O.C22H16N2S.4Rh/c1-23-15-24(17-7-3-2-4-8-17)14-20(23)16-11-12-19-18-9-5-6-10-21(18)27(25,26)22(19)13-16;1-23-15-24(17-7-3-2-4-8-17)14-20(23)16-11-12-19-18-9-5-6-10-21(18)26(25)22(19)13-16;2*1-23-15-24(17-7-3-2-4-8-17)14-20(23)16-11-12-19-18-9-5-6-10-21(18)25-22(19)13-16;;;;/h2-7,9-15H,1H3;2-7,9-15H,1H3;2*2-7,9-15H,1H3;;;;/q4*-2;4*+2. The molecular formula is C88H64N8O4Rh4S3. The van der Waals surface area contributed by atoms with Gasteiger partial charge in [0.25, 0.3) is 0 Å². The van der Waals surface area contributed by atoms with Crippen LogP contribution in [0.5, 0.6) is 0 Å². The molecule has 0 amide bonds. The molecule has 1 atom stereocenters. The molecule has 0 N–H and O–H groups in total. The van der Waals surface area contributed by atoms with Crippen LogP contribution in [0, 0.1) is 50.9 Å².